The van der Waals surface area contributed by atoms with Gasteiger partial charge in [-0.2, -0.15) is 0 Å². The molecule has 0 aromatic heterocycles. The fourth-order valence-electron chi connectivity index (χ4n) is 2.12. The highest BCUT2D eigenvalue weighted by molar-refractivity contribution is 5.94. The molecule has 0 saturated heterocycles. The van der Waals surface area contributed by atoms with Crippen LogP contribution in [-0.4, -0.2) is 5.91 Å². The zero-order valence-corrected chi connectivity index (χ0v) is 11.6. The molecule has 0 aliphatic rings. The van der Waals surface area contributed by atoms with Gasteiger partial charge in [-0.3, -0.25) is 4.79 Å². The van der Waals surface area contributed by atoms with Crippen LogP contribution in [0.3, 0.4) is 0 Å². The first-order valence-electron chi connectivity index (χ1n) is 6.69. The summed E-state index contributed by atoms with van der Waals surface area (Å²) < 4.78 is 12.9. The summed E-state index contributed by atoms with van der Waals surface area (Å²) in [5.74, 6) is -0.264. The second-order valence-corrected chi connectivity index (χ2v) is 5.11. The Hall–Kier alpha value is -2.16. The zero-order chi connectivity index (χ0) is 14.5. The fraction of sp³-hybridized carbons (Fsp3) is 0.235. The lowest BCUT2D eigenvalue weighted by Crippen LogP contribution is -2.31. The largest absolute Gasteiger partial charge is 0.345 e. The number of hydrogen-bond acceptors (Lipinski definition) is 1. The average Bonchev–Trinajstić information content (AvgIpc) is 2.46. The highest BCUT2D eigenvalue weighted by Gasteiger charge is 2.18. The van der Waals surface area contributed by atoms with Crippen LogP contribution < -0.4 is 5.32 Å². The van der Waals surface area contributed by atoms with E-state index in [0.717, 1.165) is 5.56 Å². The van der Waals surface area contributed by atoms with E-state index >= 15 is 0 Å². The van der Waals surface area contributed by atoms with Gasteiger partial charge >= 0.3 is 0 Å². The molecular weight excluding hydrogens is 253 g/mol. The molecule has 0 fully saturated rings. The van der Waals surface area contributed by atoms with Crippen LogP contribution >= 0.6 is 0 Å². The van der Waals surface area contributed by atoms with E-state index in [4.69, 9.17) is 0 Å². The molecule has 20 heavy (non-hydrogen) atoms. The third kappa shape index (κ3) is 3.44. The summed E-state index contributed by atoms with van der Waals surface area (Å²) in [6.45, 7) is 4.12. The molecule has 1 unspecified atom stereocenters. The Balaban J connectivity index is 2.17. The summed E-state index contributed by atoms with van der Waals surface area (Å²) in [6, 6.07) is 15.4. The first-order chi connectivity index (χ1) is 9.58. The topological polar surface area (TPSA) is 29.1 Å². The zero-order valence-electron chi connectivity index (χ0n) is 11.6. The molecule has 104 valence electrons. The summed E-state index contributed by atoms with van der Waals surface area (Å²) in [5.41, 5.74) is 1.53. The Bertz CT molecular complexity index is 563. The van der Waals surface area contributed by atoms with Crippen molar-refractivity contribution >= 4 is 5.91 Å². The number of rotatable bonds is 4. The second-order valence-electron chi connectivity index (χ2n) is 5.11. The van der Waals surface area contributed by atoms with Crippen molar-refractivity contribution in [2.45, 2.75) is 19.9 Å². The summed E-state index contributed by atoms with van der Waals surface area (Å²) in [6.07, 6.45) is 0. The van der Waals surface area contributed by atoms with Crippen LogP contribution in [0.5, 0.6) is 0 Å². The lowest BCUT2D eigenvalue weighted by molar-refractivity contribution is 0.0925. The van der Waals surface area contributed by atoms with Crippen molar-refractivity contribution in [2.24, 2.45) is 5.92 Å². The predicted octanol–water partition coefficient (Wildman–Crippen LogP) is 3.95. The number of benzene rings is 2. The van der Waals surface area contributed by atoms with Crippen LogP contribution in [0.15, 0.2) is 54.6 Å². The monoisotopic (exact) mass is 271 g/mol. The van der Waals surface area contributed by atoms with E-state index < -0.39 is 0 Å². The Morgan fingerprint density at radius 1 is 1.00 bits per heavy atom. The van der Waals surface area contributed by atoms with Gasteiger partial charge in [0.1, 0.15) is 5.82 Å². The summed E-state index contributed by atoms with van der Waals surface area (Å²) >= 11 is 0. The lowest BCUT2D eigenvalue weighted by Gasteiger charge is -2.23. The molecule has 0 bridgehead atoms. The van der Waals surface area contributed by atoms with Crippen LogP contribution in [0.4, 0.5) is 4.39 Å². The van der Waals surface area contributed by atoms with Gasteiger partial charge in [0.15, 0.2) is 0 Å². The Labute approximate surface area is 118 Å². The minimum absolute atomic E-state index is 0.0613. The number of hydrogen-bond donors (Lipinski definition) is 1. The highest BCUT2D eigenvalue weighted by Crippen LogP contribution is 2.21. The molecule has 0 aliphatic carbocycles. The van der Waals surface area contributed by atoms with Crippen molar-refractivity contribution in [3.63, 3.8) is 0 Å². The van der Waals surface area contributed by atoms with Crippen LogP contribution in [-0.2, 0) is 0 Å². The smallest absolute Gasteiger partial charge is 0.251 e. The Morgan fingerprint density at radius 2 is 1.60 bits per heavy atom. The molecule has 2 aromatic carbocycles. The van der Waals surface area contributed by atoms with Crippen LogP contribution in [0, 0.1) is 11.7 Å². The molecule has 2 aromatic rings. The number of nitrogens with one attached hydrogen (secondary N) is 1. The van der Waals surface area contributed by atoms with Crippen LogP contribution in [0.1, 0.15) is 35.8 Å². The molecular formula is C17H18FNO. The molecule has 0 spiro atoms. The minimum Gasteiger partial charge on any atom is -0.345 e. The summed E-state index contributed by atoms with van der Waals surface area (Å²) in [5, 5.41) is 3.01. The molecule has 0 aliphatic heterocycles. The molecule has 1 amide bonds. The Morgan fingerprint density at radius 3 is 2.15 bits per heavy atom. The van der Waals surface area contributed by atoms with E-state index in [2.05, 4.69) is 19.2 Å². The standard InChI is InChI=1S/C17H18FNO/c1-12(2)16(13-6-4-3-5-7-13)19-17(20)14-8-10-15(18)11-9-14/h3-12,16H,1-2H3,(H,19,20). The quantitative estimate of drug-likeness (QED) is 0.896. The van der Waals surface area contributed by atoms with Crippen molar-refractivity contribution in [3.8, 4) is 0 Å². The number of carbonyl (C=O) groups is 1. The maximum atomic E-state index is 12.9. The second kappa shape index (κ2) is 6.33. The molecule has 2 nitrogen and oxygen atoms in total. The van der Waals surface area contributed by atoms with Gasteiger partial charge in [-0.25, -0.2) is 4.39 Å². The molecule has 0 radical (unpaired) electrons. The molecule has 0 heterocycles. The Kier molecular flexibility index (Phi) is 4.51. The van der Waals surface area contributed by atoms with Gasteiger partial charge < -0.3 is 5.32 Å². The van der Waals surface area contributed by atoms with Gasteiger partial charge in [-0.1, -0.05) is 44.2 Å². The molecule has 0 saturated carbocycles. The van der Waals surface area contributed by atoms with Crippen molar-refractivity contribution in [1.82, 2.24) is 5.32 Å². The third-order valence-corrected chi connectivity index (χ3v) is 3.22. The number of carbonyl (C=O) groups excluding carboxylic acids is 1. The summed E-state index contributed by atoms with van der Waals surface area (Å²) in [4.78, 5) is 12.2. The highest BCUT2D eigenvalue weighted by atomic mass is 19.1. The van der Waals surface area contributed by atoms with Gasteiger partial charge in [0.05, 0.1) is 6.04 Å². The van der Waals surface area contributed by atoms with Crippen molar-refractivity contribution in [2.75, 3.05) is 0 Å². The van der Waals surface area contributed by atoms with Crippen molar-refractivity contribution < 1.29 is 9.18 Å². The molecule has 1 N–H and O–H groups in total. The van der Waals surface area contributed by atoms with E-state index in [1.807, 2.05) is 30.3 Å². The van der Waals surface area contributed by atoms with Crippen LogP contribution in [0.2, 0.25) is 0 Å². The average molecular weight is 271 g/mol. The lowest BCUT2D eigenvalue weighted by atomic mass is 9.95. The normalized spacial score (nSPS) is 12.2. The molecule has 3 heteroatoms. The maximum absolute atomic E-state index is 12.9. The first kappa shape index (κ1) is 14.3. The predicted molar refractivity (Wildman–Crippen MR) is 77.9 cm³/mol. The van der Waals surface area contributed by atoms with Crippen LogP contribution in [0.25, 0.3) is 0 Å². The van der Waals surface area contributed by atoms with Gasteiger partial charge in [0.25, 0.3) is 5.91 Å². The third-order valence-electron chi connectivity index (χ3n) is 3.22. The van der Waals surface area contributed by atoms with E-state index in [0.29, 0.717) is 5.56 Å². The number of halogens is 1. The van der Waals surface area contributed by atoms with E-state index in [9.17, 15) is 9.18 Å². The first-order valence-corrected chi connectivity index (χ1v) is 6.69. The van der Waals surface area contributed by atoms with Gasteiger partial charge in [-0.05, 0) is 35.7 Å². The van der Waals surface area contributed by atoms with Crippen molar-refractivity contribution in [1.29, 1.82) is 0 Å². The van der Waals surface area contributed by atoms with Gasteiger partial charge in [-0.15, -0.1) is 0 Å². The van der Waals surface area contributed by atoms with Gasteiger partial charge in [0.2, 0.25) is 0 Å². The van der Waals surface area contributed by atoms with E-state index in [-0.39, 0.29) is 23.7 Å². The van der Waals surface area contributed by atoms with E-state index in [1.165, 1.54) is 24.3 Å². The van der Waals surface area contributed by atoms with Gasteiger partial charge in [0, 0.05) is 5.56 Å². The van der Waals surface area contributed by atoms with Crippen molar-refractivity contribution in [3.05, 3.63) is 71.5 Å². The maximum Gasteiger partial charge on any atom is 0.251 e. The summed E-state index contributed by atoms with van der Waals surface area (Å²) in [7, 11) is 0. The molecule has 2 rings (SSSR count). The minimum atomic E-state index is -0.343. The molecule has 1 atom stereocenters. The van der Waals surface area contributed by atoms with E-state index in [1.54, 1.807) is 0 Å². The fourth-order valence-corrected chi connectivity index (χ4v) is 2.12. The SMILES string of the molecule is CC(C)C(NC(=O)c1ccc(F)cc1)c1ccccc1. The number of amides is 1.